The van der Waals surface area contributed by atoms with Crippen molar-refractivity contribution in [3.63, 3.8) is 0 Å². The van der Waals surface area contributed by atoms with Gasteiger partial charge in [0.15, 0.2) is 0 Å². The lowest BCUT2D eigenvalue weighted by atomic mass is 9.72. The van der Waals surface area contributed by atoms with Crippen LogP contribution in [0.15, 0.2) is 78.9 Å². The van der Waals surface area contributed by atoms with Gasteiger partial charge in [-0.05, 0) is 104 Å². The Bertz CT molecular complexity index is 1710. The molecule has 0 aliphatic heterocycles. The zero-order valence-electron chi connectivity index (χ0n) is 27.5. The largest absolute Gasteiger partial charge is 0.309 e. The van der Waals surface area contributed by atoms with Crippen molar-refractivity contribution < 1.29 is 4.39 Å². The van der Waals surface area contributed by atoms with Crippen LogP contribution in [0, 0.1) is 11.2 Å². The highest BCUT2D eigenvalue weighted by Crippen LogP contribution is 2.42. The molecule has 0 N–H and O–H groups in total. The molecule has 0 spiro atoms. The molecule has 0 saturated heterocycles. The van der Waals surface area contributed by atoms with Gasteiger partial charge in [0.05, 0.1) is 11.0 Å². The van der Waals surface area contributed by atoms with E-state index in [9.17, 15) is 4.39 Å². The highest BCUT2D eigenvalue weighted by atomic mass is 19.1. The Morgan fingerprint density at radius 1 is 0.548 bits per heavy atom. The SMILES string of the molecule is CC(C)(C)CC(C)(C)c1cc(-c2cccc(F)c2)cc(-n2c3ccc(C(C)(C)C)cc3c3cc(C(C)(C)C)ccc32)c1. The summed E-state index contributed by atoms with van der Waals surface area (Å²) in [5.74, 6) is -0.213. The zero-order valence-corrected chi connectivity index (χ0v) is 27.5. The van der Waals surface area contributed by atoms with E-state index in [2.05, 4.69) is 135 Å². The number of hydrogen-bond donors (Lipinski definition) is 0. The van der Waals surface area contributed by atoms with Crippen molar-refractivity contribution in [3.05, 3.63) is 101 Å². The summed E-state index contributed by atoms with van der Waals surface area (Å²) in [5, 5.41) is 2.55. The lowest BCUT2D eigenvalue weighted by Gasteiger charge is -2.33. The average Bonchev–Trinajstić information content (AvgIpc) is 3.19. The number of rotatable bonds is 4. The summed E-state index contributed by atoms with van der Waals surface area (Å²) in [4.78, 5) is 0. The van der Waals surface area contributed by atoms with Gasteiger partial charge in [0, 0.05) is 16.5 Å². The molecule has 0 bridgehead atoms. The third-order valence-electron chi connectivity index (χ3n) is 8.58. The van der Waals surface area contributed by atoms with E-state index in [4.69, 9.17) is 0 Å². The number of benzene rings is 4. The number of nitrogens with zero attached hydrogens (tertiary/aromatic N) is 1. The Hall–Kier alpha value is -3.39. The minimum Gasteiger partial charge on any atom is -0.309 e. The van der Waals surface area contributed by atoms with E-state index in [1.165, 1.54) is 44.6 Å². The van der Waals surface area contributed by atoms with Gasteiger partial charge in [-0.2, -0.15) is 0 Å². The molecule has 0 saturated carbocycles. The first-order valence-electron chi connectivity index (χ1n) is 15.3. The van der Waals surface area contributed by atoms with Crippen molar-refractivity contribution in [2.45, 2.75) is 98.8 Å². The van der Waals surface area contributed by atoms with Crippen molar-refractivity contribution in [3.8, 4) is 16.8 Å². The molecule has 0 radical (unpaired) electrons. The highest BCUT2D eigenvalue weighted by molar-refractivity contribution is 6.10. The van der Waals surface area contributed by atoms with E-state index in [0.29, 0.717) is 0 Å². The maximum atomic E-state index is 14.5. The predicted octanol–water partition coefficient (Wildman–Crippen LogP) is 11.9. The Balaban J connectivity index is 1.87. The molecule has 0 aliphatic carbocycles. The van der Waals surface area contributed by atoms with Crippen LogP contribution >= 0.6 is 0 Å². The van der Waals surface area contributed by atoms with Gasteiger partial charge in [0.25, 0.3) is 0 Å². The third-order valence-corrected chi connectivity index (χ3v) is 8.58. The molecule has 220 valence electrons. The molecule has 0 aliphatic rings. The van der Waals surface area contributed by atoms with E-state index in [-0.39, 0.29) is 27.5 Å². The topological polar surface area (TPSA) is 4.93 Å². The molecule has 0 unspecified atom stereocenters. The van der Waals surface area contributed by atoms with Gasteiger partial charge < -0.3 is 4.57 Å². The second-order valence-electron chi connectivity index (χ2n) is 16.2. The summed E-state index contributed by atoms with van der Waals surface area (Å²) in [6, 6.07) is 27.8. The quantitative estimate of drug-likeness (QED) is 0.206. The summed E-state index contributed by atoms with van der Waals surface area (Å²) >= 11 is 0. The predicted molar refractivity (Wildman–Crippen MR) is 181 cm³/mol. The van der Waals surface area contributed by atoms with Gasteiger partial charge in [-0.25, -0.2) is 4.39 Å². The van der Waals surface area contributed by atoms with Crippen LogP contribution in [0.4, 0.5) is 4.39 Å². The second kappa shape index (κ2) is 10.1. The van der Waals surface area contributed by atoms with Crippen molar-refractivity contribution >= 4 is 21.8 Å². The van der Waals surface area contributed by atoms with Gasteiger partial charge in [-0.3, -0.25) is 0 Å². The van der Waals surface area contributed by atoms with Crippen LogP contribution in [0.1, 0.15) is 99.3 Å². The molecule has 1 heterocycles. The lowest BCUT2D eigenvalue weighted by molar-refractivity contribution is 0.284. The Morgan fingerprint density at radius 3 is 1.57 bits per heavy atom. The van der Waals surface area contributed by atoms with Crippen LogP contribution in [0.2, 0.25) is 0 Å². The molecule has 5 aromatic rings. The molecule has 2 heteroatoms. The minimum atomic E-state index is -0.213. The van der Waals surface area contributed by atoms with E-state index in [1.54, 1.807) is 12.1 Å². The normalized spacial score (nSPS) is 13.3. The van der Waals surface area contributed by atoms with E-state index < -0.39 is 0 Å². The fourth-order valence-corrected chi connectivity index (χ4v) is 6.63. The fourth-order valence-electron chi connectivity index (χ4n) is 6.63. The van der Waals surface area contributed by atoms with Gasteiger partial charge in [-0.15, -0.1) is 0 Å². The molecule has 0 amide bonds. The molecule has 1 nitrogen and oxygen atoms in total. The molecular formula is C40H48FN. The monoisotopic (exact) mass is 561 g/mol. The van der Waals surface area contributed by atoms with Gasteiger partial charge >= 0.3 is 0 Å². The van der Waals surface area contributed by atoms with Crippen LogP contribution in [0.25, 0.3) is 38.6 Å². The van der Waals surface area contributed by atoms with Gasteiger partial charge in [0.2, 0.25) is 0 Å². The van der Waals surface area contributed by atoms with Crippen molar-refractivity contribution in [1.82, 2.24) is 4.57 Å². The number of hydrogen-bond acceptors (Lipinski definition) is 0. The first-order chi connectivity index (χ1) is 19.3. The molecule has 42 heavy (non-hydrogen) atoms. The standard InChI is InChI=1S/C40H48FN/c1-37(2,3)25-40(10,11)30-19-27(26-13-12-14-31(41)20-26)21-32(22-30)42-35-17-15-28(38(4,5)6)23-33(35)34-24-29(39(7,8)9)16-18-36(34)42/h12-24H,25H2,1-11H3. The van der Waals surface area contributed by atoms with Crippen LogP contribution in [-0.2, 0) is 16.2 Å². The first-order valence-corrected chi connectivity index (χ1v) is 15.3. The summed E-state index contributed by atoms with van der Waals surface area (Å²) in [7, 11) is 0. The highest BCUT2D eigenvalue weighted by Gasteiger charge is 2.29. The molecular weight excluding hydrogens is 513 g/mol. The molecule has 0 atom stereocenters. The van der Waals surface area contributed by atoms with Crippen LogP contribution in [-0.4, -0.2) is 4.57 Å². The van der Waals surface area contributed by atoms with Crippen LogP contribution in [0.3, 0.4) is 0 Å². The average molecular weight is 562 g/mol. The fraction of sp³-hybridized carbons (Fsp3) is 0.400. The Labute approximate surface area is 252 Å². The maximum Gasteiger partial charge on any atom is 0.123 e. The summed E-state index contributed by atoms with van der Waals surface area (Å²) < 4.78 is 16.9. The summed E-state index contributed by atoms with van der Waals surface area (Å²) in [6.07, 6.45) is 1.03. The number of aromatic nitrogens is 1. The second-order valence-corrected chi connectivity index (χ2v) is 16.2. The van der Waals surface area contributed by atoms with Crippen molar-refractivity contribution in [2.24, 2.45) is 5.41 Å². The van der Waals surface area contributed by atoms with Gasteiger partial charge in [-0.1, -0.05) is 106 Å². The minimum absolute atomic E-state index is 0.0473. The van der Waals surface area contributed by atoms with Crippen molar-refractivity contribution in [1.29, 1.82) is 0 Å². The van der Waals surface area contributed by atoms with Crippen LogP contribution < -0.4 is 0 Å². The molecule has 4 aromatic carbocycles. The number of halogens is 1. The summed E-state index contributed by atoms with van der Waals surface area (Å²) in [5.41, 5.74) is 9.55. The maximum absolute atomic E-state index is 14.5. The van der Waals surface area contributed by atoms with Crippen molar-refractivity contribution in [2.75, 3.05) is 0 Å². The molecule has 5 rings (SSSR count). The molecule has 1 aromatic heterocycles. The Kier molecular flexibility index (Phi) is 7.24. The van der Waals surface area contributed by atoms with Crippen LogP contribution in [0.5, 0.6) is 0 Å². The third kappa shape index (κ3) is 5.91. The zero-order chi connectivity index (χ0) is 30.8. The Morgan fingerprint density at radius 2 is 1.10 bits per heavy atom. The lowest BCUT2D eigenvalue weighted by Crippen LogP contribution is -2.25. The number of fused-ring (bicyclic) bond motifs is 3. The van der Waals surface area contributed by atoms with E-state index in [0.717, 1.165) is 23.2 Å². The van der Waals surface area contributed by atoms with E-state index in [1.807, 2.05) is 6.07 Å². The summed E-state index contributed by atoms with van der Waals surface area (Å²) in [6.45, 7) is 25.3. The smallest absolute Gasteiger partial charge is 0.123 e. The first kappa shape index (κ1) is 30.1. The van der Waals surface area contributed by atoms with Gasteiger partial charge in [0.1, 0.15) is 5.82 Å². The molecule has 0 fully saturated rings. The van der Waals surface area contributed by atoms with E-state index >= 15 is 0 Å².